The number of anilines is 1. The predicted molar refractivity (Wildman–Crippen MR) is 108 cm³/mol. The number of carbonyl (C=O) groups is 1. The Balaban J connectivity index is 1.25. The number of carbonyl (C=O) groups excluding carboxylic acids is 1. The van der Waals surface area contributed by atoms with Gasteiger partial charge in [-0.25, -0.2) is 4.98 Å². The third kappa shape index (κ3) is 4.11. The van der Waals surface area contributed by atoms with Crippen LogP contribution in [0.2, 0.25) is 0 Å². The molecule has 1 aromatic heterocycles. The van der Waals surface area contributed by atoms with E-state index in [1.54, 1.807) is 6.20 Å². The molecule has 5 heteroatoms. The van der Waals surface area contributed by atoms with Gasteiger partial charge < -0.3 is 9.80 Å². The lowest BCUT2D eigenvalue weighted by molar-refractivity contribution is -0.138. The summed E-state index contributed by atoms with van der Waals surface area (Å²) < 4.78 is 0. The molecular weight excluding hydrogens is 336 g/mol. The summed E-state index contributed by atoms with van der Waals surface area (Å²) in [6.07, 6.45) is 14.4. The average Bonchev–Trinajstić information content (AvgIpc) is 3.28. The van der Waals surface area contributed by atoms with Gasteiger partial charge in [-0.15, -0.1) is 6.42 Å². The molecule has 0 bridgehead atoms. The lowest BCUT2D eigenvalue weighted by Crippen LogP contribution is -2.53. The highest BCUT2D eigenvalue weighted by atomic mass is 16.2. The van der Waals surface area contributed by atoms with Crippen LogP contribution in [0.4, 0.5) is 5.82 Å². The van der Waals surface area contributed by atoms with E-state index in [0.29, 0.717) is 5.91 Å². The Morgan fingerprint density at radius 2 is 1.70 bits per heavy atom. The number of amides is 1. The van der Waals surface area contributed by atoms with E-state index in [4.69, 9.17) is 6.42 Å². The second-order valence-corrected chi connectivity index (χ2v) is 8.11. The van der Waals surface area contributed by atoms with Gasteiger partial charge in [-0.3, -0.25) is 9.69 Å². The van der Waals surface area contributed by atoms with Gasteiger partial charge in [0.25, 0.3) is 0 Å². The fourth-order valence-corrected chi connectivity index (χ4v) is 4.85. The van der Waals surface area contributed by atoms with Crippen molar-refractivity contribution in [1.29, 1.82) is 0 Å². The normalized spacial score (nSPS) is 22.8. The minimum atomic E-state index is 0.171. The van der Waals surface area contributed by atoms with E-state index in [2.05, 4.69) is 25.6 Å². The van der Waals surface area contributed by atoms with E-state index >= 15 is 0 Å². The first-order chi connectivity index (χ1) is 13.2. The number of piperidine rings is 1. The topological polar surface area (TPSA) is 39.7 Å². The van der Waals surface area contributed by atoms with Crippen LogP contribution in [-0.2, 0) is 4.79 Å². The Morgan fingerprint density at radius 1 is 1.00 bits per heavy atom. The van der Waals surface area contributed by atoms with Gasteiger partial charge >= 0.3 is 0 Å². The monoisotopic (exact) mass is 366 g/mol. The van der Waals surface area contributed by atoms with Crippen LogP contribution in [0.1, 0.15) is 44.1 Å². The molecule has 2 saturated heterocycles. The molecule has 3 heterocycles. The molecule has 144 valence electrons. The lowest BCUT2D eigenvalue weighted by atomic mass is 9.95. The second-order valence-electron chi connectivity index (χ2n) is 8.11. The van der Waals surface area contributed by atoms with Crippen molar-refractivity contribution in [3.8, 4) is 12.3 Å². The molecule has 4 rings (SSSR count). The van der Waals surface area contributed by atoms with E-state index in [9.17, 15) is 4.79 Å². The highest BCUT2D eigenvalue weighted by Crippen LogP contribution is 2.26. The van der Waals surface area contributed by atoms with Crippen molar-refractivity contribution in [3.63, 3.8) is 0 Å². The number of nitrogens with zero attached hydrogens (tertiary/aromatic N) is 4. The van der Waals surface area contributed by atoms with Crippen LogP contribution in [0, 0.1) is 18.3 Å². The van der Waals surface area contributed by atoms with Crippen molar-refractivity contribution in [2.24, 2.45) is 5.92 Å². The molecule has 5 nitrogen and oxygen atoms in total. The van der Waals surface area contributed by atoms with Gasteiger partial charge in [0.1, 0.15) is 5.82 Å². The zero-order valence-corrected chi connectivity index (χ0v) is 16.1. The maximum Gasteiger partial charge on any atom is 0.225 e. The molecule has 0 radical (unpaired) electrons. The first-order valence-corrected chi connectivity index (χ1v) is 10.4. The predicted octanol–water partition coefficient (Wildman–Crippen LogP) is 2.37. The molecule has 2 aliphatic heterocycles. The van der Waals surface area contributed by atoms with Gasteiger partial charge in [0.2, 0.25) is 5.91 Å². The number of piperazine rings is 1. The number of pyridine rings is 1. The lowest BCUT2D eigenvalue weighted by Gasteiger charge is -2.40. The smallest absolute Gasteiger partial charge is 0.225 e. The highest BCUT2D eigenvalue weighted by Gasteiger charge is 2.32. The van der Waals surface area contributed by atoms with Crippen LogP contribution in [0.25, 0.3) is 0 Å². The number of hydrogen-bond donors (Lipinski definition) is 0. The Labute approximate surface area is 162 Å². The average molecular weight is 367 g/mol. The quantitative estimate of drug-likeness (QED) is 0.770. The third-order valence-corrected chi connectivity index (χ3v) is 6.55. The fraction of sp³-hybridized carbons (Fsp3) is 0.636. The summed E-state index contributed by atoms with van der Waals surface area (Å²) in [5, 5.41) is 0. The minimum Gasteiger partial charge on any atom is -0.357 e. The Bertz CT molecular complexity index is 673. The Hall–Kier alpha value is -2.06. The van der Waals surface area contributed by atoms with Crippen LogP contribution in [0.3, 0.4) is 0 Å². The number of aromatic nitrogens is 1. The SMILES string of the molecule is C#Cc1ccc(N2CCC(C(=O)N3CCN(C4CCCC4)CC3)CC2)nc1. The second kappa shape index (κ2) is 8.31. The molecule has 1 aromatic rings. The van der Waals surface area contributed by atoms with Gasteiger partial charge in [-0.05, 0) is 37.8 Å². The number of hydrogen-bond acceptors (Lipinski definition) is 4. The molecular formula is C22H30N4O. The van der Waals surface area contributed by atoms with Gasteiger partial charge in [-0.2, -0.15) is 0 Å². The maximum absolute atomic E-state index is 13.0. The van der Waals surface area contributed by atoms with Crippen LogP contribution in [-0.4, -0.2) is 66.0 Å². The van der Waals surface area contributed by atoms with Gasteiger partial charge in [0.05, 0.1) is 0 Å². The Kier molecular flexibility index (Phi) is 5.63. The summed E-state index contributed by atoms with van der Waals surface area (Å²) in [4.78, 5) is 24.4. The van der Waals surface area contributed by atoms with E-state index in [-0.39, 0.29) is 5.92 Å². The van der Waals surface area contributed by atoms with Crippen molar-refractivity contribution in [1.82, 2.24) is 14.8 Å². The van der Waals surface area contributed by atoms with E-state index in [1.807, 2.05) is 12.1 Å². The molecule has 3 fully saturated rings. The number of rotatable bonds is 3. The first kappa shape index (κ1) is 18.3. The summed E-state index contributed by atoms with van der Waals surface area (Å²) in [6.45, 7) is 5.71. The highest BCUT2D eigenvalue weighted by molar-refractivity contribution is 5.79. The zero-order valence-electron chi connectivity index (χ0n) is 16.1. The fourth-order valence-electron chi connectivity index (χ4n) is 4.85. The third-order valence-electron chi connectivity index (χ3n) is 6.55. The van der Waals surface area contributed by atoms with Crippen molar-refractivity contribution < 1.29 is 4.79 Å². The first-order valence-electron chi connectivity index (χ1n) is 10.4. The standard InChI is InChI=1S/C22H30N4O/c1-2-18-7-8-21(23-17-18)25-11-9-19(10-12-25)22(27)26-15-13-24(14-16-26)20-5-3-4-6-20/h1,7-8,17,19-20H,3-6,9-16H2. The molecule has 0 unspecified atom stereocenters. The van der Waals surface area contributed by atoms with E-state index < -0.39 is 0 Å². The molecule has 1 amide bonds. The largest absolute Gasteiger partial charge is 0.357 e. The molecule has 1 aliphatic carbocycles. The molecule has 27 heavy (non-hydrogen) atoms. The molecule has 0 spiro atoms. The molecule has 0 aromatic carbocycles. The van der Waals surface area contributed by atoms with Gasteiger partial charge in [0, 0.05) is 63.0 Å². The van der Waals surface area contributed by atoms with Crippen molar-refractivity contribution >= 4 is 11.7 Å². The summed E-state index contributed by atoms with van der Waals surface area (Å²) in [5.41, 5.74) is 0.806. The van der Waals surface area contributed by atoms with Gasteiger partial charge in [-0.1, -0.05) is 18.8 Å². The summed E-state index contributed by atoms with van der Waals surface area (Å²) in [5.74, 6) is 4.11. The van der Waals surface area contributed by atoms with Gasteiger partial charge in [0.15, 0.2) is 0 Å². The molecule has 3 aliphatic rings. The van der Waals surface area contributed by atoms with Crippen LogP contribution < -0.4 is 4.90 Å². The van der Waals surface area contributed by atoms with Crippen LogP contribution >= 0.6 is 0 Å². The zero-order chi connectivity index (χ0) is 18.6. The Morgan fingerprint density at radius 3 is 2.30 bits per heavy atom. The van der Waals surface area contributed by atoms with E-state index in [0.717, 1.165) is 69.5 Å². The van der Waals surface area contributed by atoms with Crippen LogP contribution in [0.5, 0.6) is 0 Å². The van der Waals surface area contributed by atoms with Crippen molar-refractivity contribution in [2.45, 2.75) is 44.6 Å². The van der Waals surface area contributed by atoms with Crippen molar-refractivity contribution in [3.05, 3.63) is 23.9 Å². The van der Waals surface area contributed by atoms with Crippen LogP contribution in [0.15, 0.2) is 18.3 Å². The minimum absolute atomic E-state index is 0.171. The molecule has 0 atom stereocenters. The van der Waals surface area contributed by atoms with Crippen molar-refractivity contribution in [2.75, 3.05) is 44.2 Å². The molecule has 0 N–H and O–H groups in total. The summed E-state index contributed by atoms with van der Waals surface area (Å²) >= 11 is 0. The number of terminal acetylenes is 1. The molecule has 1 saturated carbocycles. The summed E-state index contributed by atoms with van der Waals surface area (Å²) in [6, 6.07) is 4.70. The van der Waals surface area contributed by atoms with E-state index in [1.165, 1.54) is 25.7 Å². The maximum atomic E-state index is 13.0. The summed E-state index contributed by atoms with van der Waals surface area (Å²) in [7, 11) is 0.